The summed E-state index contributed by atoms with van der Waals surface area (Å²) in [5.74, 6) is 2.27. The third-order valence-electron chi connectivity index (χ3n) is 3.28. The normalized spacial score (nSPS) is 9.31. The predicted molar refractivity (Wildman–Crippen MR) is 135 cm³/mol. The van der Waals surface area contributed by atoms with E-state index in [4.69, 9.17) is 16.2 Å². The number of terminal acetylenes is 1. The van der Waals surface area contributed by atoms with Crippen LogP contribution in [0.15, 0.2) is 18.5 Å². The number of nitrogen functional groups attached to an aromatic ring is 2. The third kappa shape index (κ3) is 12.6. The van der Waals surface area contributed by atoms with Gasteiger partial charge >= 0.3 is 5.97 Å². The van der Waals surface area contributed by atoms with Gasteiger partial charge in [0.05, 0.1) is 6.61 Å². The fraction of sp³-hybridized carbons (Fsp3) is 0.500. The molecule has 2 aromatic heterocycles. The number of rotatable bonds is 6. The highest BCUT2D eigenvalue weighted by Gasteiger charge is 2.21. The Hall–Kier alpha value is -3.06. The Balaban J connectivity index is 0. The number of esters is 1. The van der Waals surface area contributed by atoms with E-state index < -0.39 is 5.97 Å². The summed E-state index contributed by atoms with van der Waals surface area (Å²) < 4.78 is 6.42. The molecule has 0 radical (unpaired) electrons. The summed E-state index contributed by atoms with van der Waals surface area (Å²) >= 11 is 1.75. The maximum absolute atomic E-state index is 11.9. The molecule has 2 aromatic rings. The Kier molecular flexibility index (Phi) is 19.3. The first-order valence-electron chi connectivity index (χ1n) is 10.1. The molecule has 0 aliphatic rings. The minimum atomic E-state index is -0.543. The Morgan fingerprint density at radius 3 is 2.22 bits per heavy atom. The first-order chi connectivity index (χ1) is 15.3. The molecule has 0 aliphatic carbocycles. The van der Waals surface area contributed by atoms with Crippen molar-refractivity contribution in [1.29, 1.82) is 0 Å². The number of anilines is 2. The molecule has 0 saturated carbocycles. The van der Waals surface area contributed by atoms with Crippen LogP contribution in [0.2, 0.25) is 0 Å². The number of hydrogen-bond acceptors (Lipinski definition) is 9. The highest BCUT2D eigenvalue weighted by molar-refractivity contribution is 7.97. The van der Waals surface area contributed by atoms with Crippen molar-refractivity contribution in [2.45, 2.75) is 47.0 Å². The molecule has 0 amide bonds. The second-order valence-corrected chi connectivity index (χ2v) is 6.88. The summed E-state index contributed by atoms with van der Waals surface area (Å²) in [7, 11) is 1.59. The number of carbonyl (C=O) groups excluding carboxylic acids is 1. The topological polar surface area (TPSA) is 135 Å². The van der Waals surface area contributed by atoms with Gasteiger partial charge in [-0.1, -0.05) is 32.4 Å². The number of carbonyl (C=O) groups is 1. The van der Waals surface area contributed by atoms with Gasteiger partial charge in [0.2, 0.25) is 5.82 Å². The second-order valence-electron chi connectivity index (χ2n) is 6.07. The summed E-state index contributed by atoms with van der Waals surface area (Å²) in [6.45, 7) is 8.16. The molecule has 0 saturated heterocycles. The minimum absolute atomic E-state index is 0.0729. The lowest BCUT2D eigenvalue weighted by Gasteiger charge is -2.02. The molecule has 0 fully saturated rings. The first kappa shape index (κ1) is 31.1. The van der Waals surface area contributed by atoms with E-state index in [1.54, 1.807) is 25.7 Å². The number of hydrogen-bond donors (Lipinski definition) is 2. The van der Waals surface area contributed by atoms with Crippen molar-refractivity contribution in [3.63, 3.8) is 0 Å². The van der Waals surface area contributed by atoms with Crippen molar-refractivity contribution in [2.75, 3.05) is 30.6 Å². The monoisotopic (exact) mass is 463 g/mol. The number of thioether (sulfide) groups is 1. The van der Waals surface area contributed by atoms with Crippen molar-refractivity contribution in [3.05, 3.63) is 24.3 Å². The summed E-state index contributed by atoms with van der Waals surface area (Å²) in [6, 6.07) is 0. The van der Waals surface area contributed by atoms with E-state index in [0.29, 0.717) is 12.2 Å². The Morgan fingerprint density at radius 2 is 1.81 bits per heavy atom. The Bertz CT molecular complexity index is 825. The van der Waals surface area contributed by atoms with Gasteiger partial charge in [0.25, 0.3) is 0 Å². The van der Waals surface area contributed by atoms with E-state index >= 15 is 0 Å². The largest absolute Gasteiger partial charge is 0.460 e. The minimum Gasteiger partial charge on any atom is -0.460 e. The number of nitrogens with two attached hydrogens (primary N) is 2. The van der Waals surface area contributed by atoms with Crippen molar-refractivity contribution in [1.82, 2.24) is 24.7 Å². The number of nitrogens with zero attached hydrogens (tertiary/aromatic N) is 5. The van der Waals surface area contributed by atoms with Gasteiger partial charge in [-0.05, 0) is 39.2 Å². The molecule has 2 rings (SSSR count). The van der Waals surface area contributed by atoms with Crippen LogP contribution in [0.5, 0.6) is 0 Å². The molecule has 32 heavy (non-hydrogen) atoms. The number of ether oxygens (including phenoxy) is 1. The van der Waals surface area contributed by atoms with Gasteiger partial charge in [0.1, 0.15) is 23.5 Å². The lowest BCUT2D eigenvalue weighted by molar-refractivity contribution is 0.0480. The number of allylic oxidation sites excluding steroid dienone is 2. The van der Waals surface area contributed by atoms with Crippen LogP contribution in [-0.4, -0.2) is 49.8 Å². The maximum Gasteiger partial charge on any atom is 0.376 e. The van der Waals surface area contributed by atoms with Crippen LogP contribution in [0.4, 0.5) is 11.6 Å². The predicted octanol–water partition coefficient (Wildman–Crippen LogP) is 3.98. The van der Waals surface area contributed by atoms with Gasteiger partial charge in [0, 0.05) is 7.05 Å². The average Bonchev–Trinajstić information content (AvgIpc) is 3.11. The summed E-state index contributed by atoms with van der Waals surface area (Å²) in [5.41, 5.74) is 11.8. The van der Waals surface area contributed by atoms with E-state index in [-0.39, 0.29) is 23.3 Å². The van der Waals surface area contributed by atoms with Crippen LogP contribution in [0, 0.1) is 12.3 Å². The molecule has 10 heteroatoms. The fourth-order valence-corrected chi connectivity index (χ4v) is 1.92. The van der Waals surface area contributed by atoms with Gasteiger partial charge < -0.3 is 16.2 Å². The van der Waals surface area contributed by atoms with E-state index in [0.717, 1.165) is 19.3 Å². The quantitative estimate of drug-likeness (QED) is 0.282. The van der Waals surface area contributed by atoms with Crippen LogP contribution in [0.1, 0.15) is 57.6 Å². The van der Waals surface area contributed by atoms with E-state index in [1.807, 2.05) is 26.4 Å². The summed E-state index contributed by atoms with van der Waals surface area (Å²) in [5, 5.41) is 4.12. The summed E-state index contributed by atoms with van der Waals surface area (Å²) in [4.78, 5) is 23.7. The van der Waals surface area contributed by atoms with Gasteiger partial charge in [-0.15, -0.1) is 12.3 Å². The van der Waals surface area contributed by atoms with Crippen molar-refractivity contribution in [3.8, 4) is 23.7 Å². The number of aryl methyl sites for hydroxylation is 1. The zero-order valence-corrected chi connectivity index (χ0v) is 21.1. The lowest BCUT2D eigenvalue weighted by Crippen LogP contribution is -2.12. The van der Waals surface area contributed by atoms with Gasteiger partial charge in [-0.3, -0.25) is 0 Å². The van der Waals surface area contributed by atoms with Crippen molar-refractivity contribution < 1.29 is 9.53 Å². The van der Waals surface area contributed by atoms with E-state index in [2.05, 4.69) is 51.5 Å². The highest BCUT2D eigenvalue weighted by Crippen LogP contribution is 2.25. The zero-order valence-electron chi connectivity index (χ0n) is 20.3. The molecule has 0 bridgehead atoms. The van der Waals surface area contributed by atoms with Gasteiger partial charge in [-0.2, -0.15) is 16.9 Å². The molecule has 9 nitrogen and oxygen atoms in total. The standard InChI is InChI=1S/C12H17N7O2.C5H10.C3H4.C2H6S/c1-3-4-5-21-12(20)11-17-10(18-19(11)2)7-8(13)15-6-16-9(7)14;1-3-5-4-2;2*1-3-2/h6H,3-5H2,1-2H3,(H4,13,14,15,16);3,5H,4H2,1-2H3;1H,2H3;1-2H3/b;5-3+;;. The average molecular weight is 464 g/mol. The smallest absolute Gasteiger partial charge is 0.376 e. The molecular weight excluding hydrogens is 426 g/mol. The molecule has 0 aromatic carbocycles. The first-order valence-corrected chi connectivity index (χ1v) is 11.8. The van der Waals surface area contributed by atoms with Crippen LogP contribution >= 0.6 is 11.8 Å². The van der Waals surface area contributed by atoms with Crippen molar-refractivity contribution >= 4 is 29.4 Å². The Labute approximate surface area is 196 Å². The Morgan fingerprint density at radius 1 is 1.28 bits per heavy atom. The molecule has 0 spiro atoms. The molecule has 0 aliphatic heterocycles. The van der Waals surface area contributed by atoms with Gasteiger partial charge in [-0.25, -0.2) is 24.4 Å². The summed E-state index contributed by atoms with van der Waals surface area (Å²) in [6.07, 6.45) is 17.0. The van der Waals surface area contributed by atoms with Crippen LogP contribution in [-0.2, 0) is 11.8 Å². The molecule has 2 heterocycles. The lowest BCUT2D eigenvalue weighted by atomic mass is 10.2. The number of aromatic nitrogens is 5. The van der Waals surface area contributed by atoms with Gasteiger partial charge in [0.15, 0.2) is 5.82 Å². The molecule has 4 N–H and O–H groups in total. The maximum atomic E-state index is 11.9. The highest BCUT2D eigenvalue weighted by atomic mass is 32.2. The SMILES string of the molecule is C#CC.C/C=C/CC.CCCCOC(=O)c1nc(-c2c(N)ncnc2N)nn1C.CSC. The fourth-order valence-electron chi connectivity index (χ4n) is 1.92. The van der Waals surface area contributed by atoms with E-state index in [1.165, 1.54) is 11.0 Å². The zero-order chi connectivity index (χ0) is 24.9. The number of unbranched alkanes of at least 4 members (excludes halogenated alkanes) is 1. The molecule has 0 unspecified atom stereocenters. The van der Waals surface area contributed by atoms with Crippen LogP contribution in [0.3, 0.4) is 0 Å². The van der Waals surface area contributed by atoms with Crippen LogP contribution < -0.4 is 11.5 Å². The molecule has 178 valence electrons. The third-order valence-corrected chi connectivity index (χ3v) is 3.28. The molecule has 0 atom stereocenters. The second kappa shape index (κ2) is 19.9. The van der Waals surface area contributed by atoms with Crippen molar-refractivity contribution in [2.24, 2.45) is 7.05 Å². The van der Waals surface area contributed by atoms with Crippen LogP contribution in [0.25, 0.3) is 11.4 Å². The van der Waals surface area contributed by atoms with E-state index in [9.17, 15) is 4.79 Å². The molecular formula is C22H37N7O2S.